The topological polar surface area (TPSA) is 66.8 Å². The van der Waals surface area contributed by atoms with E-state index in [4.69, 9.17) is 9.84 Å². The summed E-state index contributed by atoms with van der Waals surface area (Å²) in [4.78, 5) is 25.2. The lowest BCUT2D eigenvalue weighted by Crippen LogP contribution is -2.40. The molecule has 20 heavy (non-hydrogen) atoms. The molecule has 1 saturated heterocycles. The van der Waals surface area contributed by atoms with E-state index in [1.807, 2.05) is 11.0 Å². The third-order valence-corrected chi connectivity index (χ3v) is 4.06. The minimum atomic E-state index is -0.930. The van der Waals surface area contributed by atoms with Crippen LogP contribution < -0.4 is 0 Å². The largest absolute Gasteiger partial charge is 0.478 e. The smallest absolute Gasteiger partial charge is 0.335 e. The van der Waals surface area contributed by atoms with Gasteiger partial charge in [-0.05, 0) is 36.1 Å². The number of hydrogen-bond donors (Lipinski definition) is 1. The molecular weight excluding hydrogens is 258 g/mol. The lowest BCUT2D eigenvalue weighted by atomic mass is 9.96. The number of nitrogens with zero attached hydrogens (tertiary/aromatic N) is 1. The summed E-state index contributed by atoms with van der Waals surface area (Å²) in [5.41, 5.74) is 2.37. The van der Waals surface area contributed by atoms with E-state index in [1.54, 1.807) is 12.1 Å². The SMILES string of the molecule is O=C(O)c1ccc2c(c1)CN(C(=O)C1CCOC1)CC2. The van der Waals surface area contributed by atoms with Crippen molar-refractivity contribution >= 4 is 11.9 Å². The Hall–Kier alpha value is -1.88. The van der Waals surface area contributed by atoms with E-state index in [1.165, 1.54) is 0 Å². The fraction of sp³-hybridized carbons (Fsp3) is 0.467. The fourth-order valence-corrected chi connectivity index (χ4v) is 2.87. The molecule has 2 heterocycles. The zero-order valence-corrected chi connectivity index (χ0v) is 11.2. The zero-order chi connectivity index (χ0) is 14.1. The van der Waals surface area contributed by atoms with Crippen LogP contribution in [0.2, 0.25) is 0 Å². The van der Waals surface area contributed by atoms with Crippen molar-refractivity contribution < 1.29 is 19.4 Å². The number of carboxylic acids is 1. The van der Waals surface area contributed by atoms with Gasteiger partial charge >= 0.3 is 5.97 Å². The van der Waals surface area contributed by atoms with Crippen molar-refractivity contribution in [1.82, 2.24) is 4.90 Å². The second-order valence-corrected chi connectivity index (χ2v) is 5.36. The number of amides is 1. The van der Waals surface area contributed by atoms with Crippen molar-refractivity contribution in [2.75, 3.05) is 19.8 Å². The fourth-order valence-electron chi connectivity index (χ4n) is 2.87. The molecule has 1 aromatic carbocycles. The monoisotopic (exact) mass is 275 g/mol. The average molecular weight is 275 g/mol. The molecule has 1 atom stereocenters. The highest BCUT2D eigenvalue weighted by atomic mass is 16.5. The minimum absolute atomic E-state index is 0.0285. The Kier molecular flexibility index (Phi) is 3.44. The first-order valence-electron chi connectivity index (χ1n) is 6.87. The van der Waals surface area contributed by atoms with E-state index in [-0.39, 0.29) is 17.4 Å². The second-order valence-electron chi connectivity index (χ2n) is 5.36. The third-order valence-electron chi connectivity index (χ3n) is 4.06. The molecule has 5 heteroatoms. The number of aromatic carboxylic acids is 1. The van der Waals surface area contributed by atoms with E-state index in [0.717, 1.165) is 24.0 Å². The molecule has 0 bridgehead atoms. The predicted octanol–water partition coefficient (Wildman–Crippen LogP) is 1.31. The van der Waals surface area contributed by atoms with Gasteiger partial charge in [-0.3, -0.25) is 4.79 Å². The molecular formula is C15H17NO4. The molecule has 5 nitrogen and oxygen atoms in total. The number of fused-ring (bicyclic) bond motifs is 1. The van der Waals surface area contributed by atoms with Crippen molar-refractivity contribution in [2.45, 2.75) is 19.4 Å². The summed E-state index contributed by atoms with van der Waals surface area (Å²) in [6.45, 7) is 2.38. The molecule has 1 amide bonds. The quantitative estimate of drug-likeness (QED) is 0.883. The summed E-state index contributed by atoms with van der Waals surface area (Å²) in [6, 6.07) is 5.17. The van der Waals surface area contributed by atoms with Crippen LogP contribution in [0.15, 0.2) is 18.2 Å². The first-order valence-corrected chi connectivity index (χ1v) is 6.87. The highest BCUT2D eigenvalue weighted by molar-refractivity contribution is 5.88. The van der Waals surface area contributed by atoms with E-state index >= 15 is 0 Å². The lowest BCUT2D eigenvalue weighted by molar-refractivity contribution is -0.136. The molecule has 0 aliphatic carbocycles. The van der Waals surface area contributed by atoms with E-state index in [0.29, 0.717) is 26.3 Å². The van der Waals surface area contributed by atoms with Crippen molar-refractivity contribution in [3.8, 4) is 0 Å². The van der Waals surface area contributed by atoms with E-state index in [2.05, 4.69) is 0 Å². The molecule has 0 saturated carbocycles. The number of benzene rings is 1. The maximum absolute atomic E-state index is 12.4. The molecule has 2 aliphatic rings. The van der Waals surface area contributed by atoms with Crippen molar-refractivity contribution in [1.29, 1.82) is 0 Å². The number of carboxylic acid groups (broad SMARTS) is 1. The standard InChI is InChI=1S/C15H17NO4/c17-14(12-4-6-20-9-12)16-5-3-10-1-2-11(15(18)19)7-13(10)8-16/h1-2,7,12H,3-6,8-9H2,(H,18,19). The molecule has 3 rings (SSSR count). The van der Waals surface area contributed by atoms with Gasteiger partial charge in [0.05, 0.1) is 18.1 Å². The highest BCUT2D eigenvalue weighted by Crippen LogP contribution is 2.24. The Morgan fingerprint density at radius 1 is 1.30 bits per heavy atom. The van der Waals surface area contributed by atoms with Crippen LogP contribution in [0.5, 0.6) is 0 Å². The summed E-state index contributed by atoms with van der Waals surface area (Å²) >= 11 is 0. The number of carbonyl (C=O) groups is 2. The highest BCUT2D eigenvalue weighted by Gasteiger charge is 2.30. The van der Waals surface area contributed by atoms with Crippen LogP contribution in [0, 0.1) is 5.92 Å². The van der Waals surface area contributed by atoms with Crippen LogP contribution in [0.1, 0.15) is 27.9 Å². The molecule has 2 aliphatic heterocycles. The third kappa shape index (κ3) is 2.41. The van der Waals surface area contributed by atoms with Crippen LogP contribution in [0.4, 0.5) is 0 Å². The van der Waals surface area contributed by atoms with Crippen molar-refractivity contribution in [3.63, 3.8) is 0 Å². The number of carbonyl (C=O) groups excluding carboxylic acids is 1. The molecule has 1 N–H and O–H groups in total. The van der Waals surface area contributed by atoms with Crippen LogP contribution >= 0.6 is 0 Å². The Morgan fingerprint density at radius 3 is 2.85 bits per heavy atom. The van der Waals surface area contributed by atoms with Gasteiger partial charge in [0, 0.05) is 19.7 Å². The van der Waals surface area contributed by atoms with Gasteiger partial charge in [-0.15, -0.1) is 0 Å². The lowest BCUT2D eigenvalue weighted by Gasteiger charge is -2.30. The summed E-state index contributed by atoms with van der Waals surface area (Å²) < 4.78 is 5.26. The van der Waals surface area contributed by atoms with Gasteiger partial charge in [0.1, 0.15) is 0 Å². The normalized spacial score (nSPS) is 21.6. The molecule has 0 aromatic heterocycles. The van der Waals surface area contributed by atoms with Crippen LogP contribution in [-0.2, 0) is 22.5 Å². The molecule has 0 radical (unpaired) electrons. The first kappa shape index (κ1) is 13.1. The Balaban J connectivity index is 1.78. The minimum Gasteiger partial charge on any atom is -0.478 e. The van der Waals surface area contributed by atoms with Gasteiger partial charge in [-0.1, -0.05) is 6.07 Å². The molecule has 1 fully saturated rings. The Morgan fingerprint density at radius 2 is 2.15 bits per heavy atom. The zero-order valence-electron chi connectivity index (χ0n) is 11.2. The predicted molar refractivity (Wildman–Crippen MR) is 71.4 cm³/mol. The van der Waals surface area contributed by atoms with Crippen molar-refractivity contribution in [2.24, 2.45) is 5.92 Å². The number of hydrogen-bond acceptors (Lipinski definition) is 3. The Labute approximate surface area is 117 Å². The van der Waals surface area contributed by atoms with Crippen LogP contribution in [0.3, 0.4) is 0 Å². The Bertz CT molecular complexity index is 549. The van der Waals surface area contributed by atoms with Gasteiger partial charge in [0.2, 0.25) is 5.91 Å². The number of ether oxygens (including phenoxy) is 1. The summed E-state index contributed by atoms with van der Waals surface area (Å²) in [6.07, 6.45) is 1.58. The maximum Gasteiger partial charge on any atom is 0.335 e. The van der Waals surface area contributed by atoms with Gasteiger partial charge < -0.3 is 14.7 Å². The van der Waals surface area contributed by atoms with Gasteiger partial charge in [0.25, 0.3) is 0 Å². The summed E-state index contributed by atoms with van der Waals surface area (Å²) in [7, 11) is 0. The average Bonchev–Trinajstić information content (AvgIpc) is 2.99. The number of rotatable bonds is 2. The van der Waals surface area contributed by atoms with Crippen LogP contribution in [0.25, 0.3) is 0 Å². The summed E-state index contributed by atoms with van der Waals surface area (Å²) in [5.74, 6) is -0.825. The summed E-state index contributed by atoms with van der Waals surface area (Å²) in [5, 5.41) is 9.04. The maximum atomic E-state index is 12.4. The van der Waals surface area contributed by atoms with Gasteiger partial charge in [-0.25, -0.2) is 4.79 Å². The second kappa shape index (κ2) is 5.25. The molecule has 1 aromatic rings. The van der Waals surface area contributed by atoms with Gasteiger partial charge in [-0.2, -0.15) is 0 Å². The van der Waals surface area contributed by atoms with Crippen LogP contribution in [-0.4, -0.2) is 41.6 Å². The van der Waals surface area contributed by atoms with Crippen molar-refractivity contribution in [3.05, 3.63) is 34.9 Å². The molecule has 0 spiro atoms. The van der Waals surface area contributed by atoms with Gasteiger partial charge in [0.15, 0.2) is 0 Å². The molecule has 1 unspecified atom stereocenters. The van der Waals surface area contributed by atoms with E-state index < -0.39 is 5.97 Å². The first-order chi connectivity index (χ1) is 9.65. The van der Waals surface area contributed by atoms with E-state index in [9.17, 15) is 9.59 Å². The molecule has 106 valence electrons.